The summed E-state index contributed by atoms with van der Waals surface area (Å²) in [5, 5.41) is 4.50. The van der Waals surface area contributed by atoms with Crippen LogP contribution in [0.25, 0.3) is 10.9 Å². The monoisotopic (exact) mass is 326 g/mol. The summed E-state index contributed by atoms with van der Waals surface area (Å²) in [7, 11) is 0. The van der Waals surface area contributed by atoms with Crippen LogP contribution in [0.15, 0.2) is 18.2 Å². The summed E-state index contributed by atoms with van der Waals surface area (Å²) in [6.07, 6.45) is 0.626. The molecule has 3 rings (SSSR count). The van der Waals surface area contributed by atoms with Gasteiger partial charge < -0.3 is 15.0 Å². The van der Waals surface area contributed by atoms with Crippen LogP contribution in [0.5, 0.6) is 5.75 Å². The third-order valence-corrected chi connectivity index (χ3v) is 4.30. The number of hydrogen-bond acceptors (Lipinski definition) is 2. The van der Waals surface area contributed by atoms with E-state index in [1.54, 1.807) is 6.07 Å². The van der Waals surface area contributed by atoms with Gasteiger partial charge in [0.15, 0.2) is 0 Å². The molecule has 2 N–H and O–H groups in total. The highest BCUT2D eigenvalue weighted by Crippen LogP contribution is 2.34. The highest BCUT2D eigenvalue weighted by molar-refractivity contribution is 5.86. The van der Waals surface area contributed by atoms with Gasteiger partial charge >= 0.3 is 6.36 Å². The zero-order valence-electron chi connectivity index (χ0n) is 13.1. The van der Waals surface area contributed by atoms with E-state index in [-0.39, 0.29) is 11.8 Å². The van der Waals surface area contributed by atoms with Crippen molar-refractivity contribution in [2.75, 3.05) is 6.54 Å². The molecule has 1 atom stereocenters. The SMILES string of the molecule is CCCc1c(C2CCCCN2)[nH]c2cc(OC(F)(F)F)ccc12. The summed E-state index contributed by atoms with van der Waals surface area (Å²) in [6.45, 7) is 3.09. The van der Waals surface area contributed by atoms with Gasteiger partial charge in [-0.1, -0.05) is 19.8 Å². The first kappa shape index (κ1) is 16.2. The molecule has 1 aromatic carbocycles. The molecule has 23 heavy (non-hydrogen) atoms. The molecule has 2 heterocycles. The summed E-state index contributed by atoms with van der Waals surface area (Å²) >= 11 is 0. The molecular weight excluding hydrogens is 305 g/mol. The quantitative estimate of drug-likeness (QED) is 0.844. The second-order valence-electron chi connectivity index (χ2n) is 6.02. The Hall–Kier alpha value is -1.69. The molecule has 6 heteroatoms. The zero-order chi connectivity index (χ0) is 16.4. The lowest BCUT2D eigenvalue weighted by atomic mass is 9.96. The van der Waals surface area contributed by atoms with Gasteiger partial charge in [0.05, 0.1) is 0 Å². The summed E-state index contributed by atoms with van der Waals surface area (Å²) in [6, 6.07) is 4.81. The first-order valence-corrected chi connectivity index (χ1v) is 8.11. The van der Waals surface area contributed by atoms with Gasteiger partial charge in [0, 0.05) is 28.7 Å². The highest BCUT2D eigenvalue weighted by Gasteiger charge is 2.31. The Kier molecular flexibility index (Phi) is 4.53. The van der Waals surface area contributed by atoms with Crippen molar-refractivity contribution >= 4 is 10.9 Å². The molecule has 1 unspecified atom stereocenters. The molecule has 1 aromatic heterocycles. The number of halogens is 3. The Balaban J connectivity index is 2.00. The third-order valence-electron chi connectivity index (χ3n) is 4.30. The maximum absolute atomic E-state index is 12.4. The number of fused-ring (bicyclic) bond motifs is 1. The van der Waals surface area contributed by atoms with E-state index in [4.69, 9.17) is 0 Å². The fourth-order valence-corrected chi connectivity index (χ4v) is 3.37. The van der Waals surface area contributed by atoms with Gasteiger partial charge in [-0.3, -0.25) is 0 Å². The van der Waals surface area contributed by atoms with Gasteiger partial charge in [-0.15, -0.1) is 13.2 Å². The minimum absolute atomic E-state index is 0.183. The second-order valence-corrected chi connectivity index (χ2v) is 6.02. The lowest BCUT2D eigenvalue weighted by Gasteiger charge is -2.24. The van der Waals surface area contributed by atoms with Gasteiger partial charge in [-0.05, 0) is 43.5 Å². The molecule has 3 nitrogen and oxygen atoms in total. The Morgan fingerprint density at radius 3 is 2.74 bits per heavy atom. The predicted molar refractivity (Wildman–Crippen MR) is 83.6 cm³/mol. The van der Waals surface area contributed by atoms with Crippen LogP contribution >= 0.6 is 0 Å². The summed E-state index contributed by atoms with van der Waals surface area (Å²) in [4.78, 5) is 3.34. The highest BCUT2D eigenvalue weighted by atomic mass is 19.4. The number of benzene rings is 1. The van der Waals surface area contributed by atoms with Gasteiger partial charge in [0.2, 0.25) is 0 Å². The maximum atomic E-state index is 12.4. The Morgan fingerprint density at radius 1 is 1.26 bits per heavy atom. The van der Waals surface area contributed by atoms with Crippen molar-refractivity contribution in [2.45, 2.75) is 51.4 Å². The molecule has 0 radical (unpaired) electrons. The van der Waals surface area contributed by atoms with Crippen LogP contribution in [0.2, 0.25) is 0 Å². The normalized spacial score (nSPS) is 19.2. The molecule has 1 saturated heterocycles. The van der Waals surface area contributed by atoms with Gasteiger partial charge in [-0.25, -0.2) is 0 Å². The first-order chi connectivity index (χ1) is 11.0. The van der Waals surface area contributed by atoms with E-state index in [0.717, 1.165) is 36.9 Å². The van der Waals surface area contributed by atoms with E-state index >= 15 is 0 Å². The molecule has 0 saturated carbocycles. The van der Waals surface area contributed by atoms with Gasteiger partial charge in [0.25, 0.3) is 0 Å². The largest absolute Gasteiger partial charge is 0.573 e. The van der Waals surface area contributed by atoms with Crippen molar-refractivity contribution in [1.82, 2.24) is 10.3 Å². The van der Waals surface area contributed by atoms with Crippen LogP contribution in [0.4, 0.5) is 13.2 Å². The molecule has 1 aliphatic rings. The van der Waals surface area contributed by atoms with E-state index in [9.17, 15) is 13.2 Å². The fourth-order valence-electron chi connectivity index (χ4n) is 3.37. The predicted octanol–water partition coefficient (Wildman–Crippen LogP) is 4.83. The Bertz CT molecular complexity index is 672. The molecule has 0 aliphatic carbocycles. The van der Waals surface area contributed by atoms with Crippen LogP contribution in [-0.4, -0.2) is 17.9 Å². The minimum Gasteiger partial charge on any atom is -0.406 e. The number of aryl methyl sites for hydroxylation is 1. The molecule has 0 spiro atoms. The van der Waals surface area contributed by atoms with Gasteiger partial charge in [-0.2, -0.15) is 0 Å². The second kappa shape index (κ2) is 6.43. The van der Waals surface area contributed by atoms with E-state index in [1.807, 2.05) is 0 Å². The summed E-state index contributed by atoms with van der Waals surface area (Å²) in [5.41, 5.74) is 3.03. The number of alkyl halides is 3. The first-order valence-electron chi connectivity index (χ1n) is 8.11. The topological polar surface area (TPSA) is 37.0 Å². The van der Waals surface area contributed by atoms with Crippen molar-refractivity contribution in [1.29, 1.82) is 0 Å². The summed E-state index contributed by atoms with van der Waals surface area (Å²) < 4.78 is 41.2. The number of piperidine rings is 1. The lowest BCUT2D eigenvalue weighted by molar-refractivity contribution is -0.274. The standard InChI is InChI=1S/C17H21F3N2O/c1-2-5-13-12-8-7-11(23-17(18,19)20)10-15(12)22-16(13)14-6-3-4-9-21-14/h7-8,10,14,21-22H,2-6,9H2,1H3. The number of nitrogens with one attached hydrogen (secondary N) is 2. The van der Waals surface area contributed by atoms with Crippen molar-refractivity contribution in [3.8, 4) is 5.75 Å². The maximum Gasteiger partial charge on any atom is 0.573 e. The van der Waals surface area contributed by atoms with Crippen molar-refractivity contribution in [3.05, 3.63) is 29.5 Å². The van der Waals surface area contributed by atoms with Crippen molar-refractivity contribution < 1.29 is 17.9 Å². The molecule has 1 fully saturated rings. The third kappa shape index (κ3) is 3.63. The number of aromatic nitrogens is 1. The van der Waals surface area contributed by atoms with E-state index in [2.05, 4.69) is 22.0 Å². The smallest absolute Gasteiger partial charge is 0.406 e. The number of ether oxygens (including phenoxy) is 1. The van der Waals surface area contributed by atoms with Crippen LogP contribution in [0, 0.1) is 0 Å². The number of rotatable bonds is 4. The average Bonchev–Trinajstić information content (AvgIpc) is 2.85. The number of hydrogen-bond donors (Lipinski definition) is 2. The van der Waals surface area contributed by atoms with Gasteiger partial charge in [0.1, 0.15) is 5.75 Å². The summed E-state index contributed by atoms with van der Waals surface area (Å²) in [5.74, 6) is -0.183. The molecule has 1 aliphatic heterocycles. The average molecular weight is 326 g/mol. The van der Waals surface area contributed by atoms with Crippen molar-refractivity contribution in [3.63, 3.8) is 0 Å². The zero-order valence-corrected chi connectivity index (χ0v) is 13.1. The van der Waals surface area contributed by atoms with E-state index < -0.39 is 6.36 Å². The molecular formula is C17H21F3N2O. The van der Waals surface area contributed by atoms with E-state index in [1.165, 1.54) is 30.5 Å². The minimum atomic E-state index is -4.67. The lowest BCUT2D eigenvalue weighted by Crippen LogP contribution is -2.27. The number of aromatic amines is 1. The van der Waals surface area contributed by atoms with Crippen LogP contribution in [-0.2, 0) is 6.42 Å². The van der Waals surface area contributed by atoms with Crippen LogP contribution in [0.1, 0.15) is 49.9 Å². The molecule has 2 aromatic rings. The fraction of sp³-hybridized carbons (Fsp3) is 0.529. The van der Waals surface area contributed by atoms with Crippen LogP contribution in [0.3, 0.4) is 0 Å². The Labute approximate surface area is 133 Å². The van der Waals surface area contributed by atoms with Crippen molar-refractivity contribution in [2.24, 2.45) is 0 Å². The molecule has 126 valence electrons. The Morgan fingerprint density at radius 2 is 2.09 bits per heavy atom. The number of H-pyrrole nitrogens is 1. The van der Waals surface area contributed by atoms with Crippen LogP contribution < -0.4 is 10.1 Å². The molecule has 0 bridgehead atoms. The van der Waals surface area contributed by atoms with E-state index in [0.29, 0.717) is 5.52 Å². The molecule has 0 amide bonds.